The summed E-state index contributed by atoms with van der Waals surface area (Å²) in [4.78, 5) is 38.7. The van der Waals surface area contributed by atoms with Crippen molar-refractivity contribution >= 4 is 17.8 Å². The van der Waals surface area contributed by atoms with Crippen LogP contribution in [0.4, 0.5) is 4.79 Å². The molecule has 1 aliphatic rings. The number of urea groups is 1. The van der Waals surface area contributed by atoms with Crippen LogP contribution in [0.1, 0.15) is 5.56 Å². The number of rotatable bonds is 5. The predicted octanol–water partition coefficient (Wildman–Crippen LogP) is 0.682. The van der Waals surface area contributed by atoms with Crippen molar-refractivity contribution in [2.45, 2.75) is 6.54 Å². The van der Waals surface area contributed by atoms with E-state index < -0.39 is 17.8 Å². The Hall–Kier alpha value is -3.00. The minimum atomic E-state index is -0.801. The maximum atomic E-state index is 11.9. The van der Waals surface area contributed by atoms with E-state index in [1.165, 1.54) is 7.05 Å². The van der Waals surface area contributed by atoms with Crippen LogP contribution in [0.5, 0.6) is 0 Å². The zero-order chi connectivity index (χ0) is 17.3. The molecule has 124 valence electrons. The van der Waals surface area contributed by atoms with E-state index in [4.69, 9.17) is 0 Å². The van der Waals surface area contributed by atoms with Crippen LogP contribution < -0.4 is 0 Å². The molecule has 0 radical (unpaired) electrons. The highest BCUT2D eigenvalue weighted by atomic mass is 16.2. The van der Waals surface area contributed by atoms with E-state index in [0.717, 1.165) is 21.1 Å². The summed E-state index contributed by atoms with van der Waals surface area (Å²) in [5, 5.41) is 4.31. The zero-order valence-corrected chi connectivity index (χ0v) is 13.4. The summed E-state index contributed by atoms with van der Waals surface area (Å²) in [6.45, 7) is 0.534. The van der Waals surface area contributed by atoms with Crippen molar-refractivity contribution in [1.82, 2.24) is 24.5 Å². The second-order valence-electron chi connectivity index (χ2n) is 5.66. The number of likely N-dealkylation sites (N-methyl/N-ethyl adjacent to an activating group) is 1. The van der Waals surface area contributed by atoms with E-state index in [1.807, 2.05) is 36.5 Å². The number of imide groups is 2. The molecule has 1 aromatic heterocycles. The normalized spacial score (nSPS) is 15.0. The van der Waals surface area contributed by atoms with Crippen LogP contribution >= 0.6 is 0 Å². The fourth-order valence-corrected chi connectivity index (χ4v) is 2.51. The Morgan fingerprint density at radius 2 is 1.79 bits per heavy atom. The molecule has 8 nitrogen and oxygen atoms in total. The van der Waals surface area contributed by atoms with Crippen molar-refractivity contribution in [3.05, 3.63) is 48.3 Å². The van der Waals surface area contributed by atoms with Crippen molar-refractivity contribution < 1.29 is 14.4 Å². The van der Waals surface area contributed by atoms with Gasteiger partial charge >= 0.3 is 17.8 Å². The summed E-state index contributed by atoms with van der Waals surface area (Å²) in [6, 6.07) is 9.09. The van der Waals surface area contributed by atoms with Crippen molar-refractivity contribution in [2.75, 3.05) is 20.8 Å². The lowest BCUT2D eigenvalue weighted by Crippen LogP contribution is -2.40. The monoisotopic (exact) mass is 327 g/mol. The Labute approximate surface area is 138 Å². The van der Waals surface area contributed by atoms with Gasteiger partial charge in [-0.2, -0.15) is 5.10 Å². The fraction of sp³-hybridized carbons (Fsp3) is 0.250. The van der Waals surface area contributed by atoms with Crippen LogP contribution in [0.25, 0.3) is 5.69 Å². The standard InChI is InChI=1S/C16H17N5O3/c1-18(11-20-15(23)14(22)19(2)16(20)24)9-12-8-17-21(10-12)13-6-4-3-5-7-13/h3-8,10H,9,11H2,1-2H3. The van der Waals surface area contributed by atoms with E-state index >= 15 is 0 Å². The van der Waals surface area contributed by atoms with Gasteiger partial charge in [0.2, 0.25) is 0 Å². The first kappa shape index (κ1) is 15.9. The van der Waals surface area contributed by atoms with E-state index in [1.54, 1.807) is 22.8 Å². The summed E-state index contributed by atoms with van der Waals surface area (Å²) in [5.41, 5.74) is 1.88. The van der Waals surface area contributed by atoms with Crippen molar-refractivity contribution in [3.8, 4) is 5.69 Å². The molecule has 2 heterocycles. The molecule has 0 spiro atoms. The van der Waals surface area contributed by atoms with Gasteiger partial charge in [-0.05, 0) is 19.2 Å². The topological polar surface area (TPSA) is 78.8 Å². The summed E-state index contributed by atoms with van der Waals surface area (Å²) < 4.78 is 1.76. The smallest absolute Gasteiger partial charge is 0.284 e. The fourth-order valence-electron chi connectivity index (χ4n) is 2.51. The minimum absolute atomic E-state index is 0.0459. The van der Waals surface area contributed by atoms with Gasteiger partial charge in [0.1, 0.15) is 0 Å². The molecule has 24 heavy (non-hydrogen) atoms. The molecule has 1 fully saturated rings. The number of nitrogens with zero attached hydrogens (tertiary/aromatic N) is 5. The molecular formula is C16H17N5O3. The molecule has 0 N–H and O–H groups in total. The number of benzene rings is 1. The number of carbonyl (C=O) groups excluding carboxylic acids is 3. The quantitative estimate of drug-likeness (QED) is 0.596. The first-order chi connectivity index (χ1) is 11.5. The van der Waals surface area contributed by atoms with E-state index in [0.29, 0.717) is 6.54 Å². The van der Waals surface area contributed by atoms with Crippen LogP contribution in [-0.4, -0.2) is 63.1 Å². The number of aromatic nitrogens is 2. The van der Waals surface area contributed by atoms with Gasteiger partial charge in [0.15, 0.2) is 0 Å². The second-order valence-corrected chi connectivity index (χ2v) is 5.66. The van der Waals surface area contributed by atoms with Gasteiger partial charge in [-0.25, -0.2) is 14.4 Å². The van der Waals surface area contributed by atoms with Gasteiger partial charge in [0, 0.05) is 25.4 Å². The third kappa shape index (κ3) is 2.91. The molecule has 8 heteroatoms. The Bertz CT molecular complexity index is 786. The van der Waals surface area contributed by atoms with Gasteiger partial charge in [-0.15, -0.1) is 0 Å². The minimum Gasteiger partial charge on any atom is -0.284 e. The maximum Gasteiger partial charge on any atom is 0.335 e. The summed E-state index contributed by atoms with van der Waals surface area (Å²) >= 11 is 0. The van der Waals surface area contributed by atoms with E-state index in [9.17, 15) is 14.4 Å². The Morgan fingerprint density at radius 3 is 2.42 bits per heavy atom. The second kappa shape index (κ2) is 6.25. The Morgan fingerprint density at radius 1 is 1.08 bits per heavy atom. The molecular weight excluding hydrogens is 310 g/mol. The Balaban J connectivity index is 1.65. The third-order valence-electron chi connectivity index (χ3n) is 3.74. The molecule has 0 bridgehead atoms. The predicted molar refractivity (Wildman–Crippen MR) is 84.9 cm³/mol. The number of hydrogen-bond acceptors (Lipinski definition) is 5. The third-order valence-corrected chi connectivity index (χ3v) is 3.74. The number of para-hydroxylation sites is 1. The van der Waals surface area contributed by atoms with Gasteiger partial charge in [-0.3, -0.25) is 19.4 Å². The average Bonchev–Trinajstić information content (AvgIpc) is 3.12. The number of hydrogen-bond donors (Lipinski definition) is 0. The van der Waals surface area contributed by atoms with Crippen LogP contribution in [-0.2, 0) is 16.1 Å². The molecule has 1 aromatic carbocycles. The number of carbonyl (C=O) groups is 3. The molecule has 0 unspecified atom stereocenters. The van der Waals surface area contributed by atoms with Crippen molar-refractivity contribution in [2.24, 2.45) is 0 Å². The van der Waals surface area contributed by atoms with Crippen molar-refractivity contribution in [3.63, 3.8) is 0 Å². The molecule has 1 aliphatic heterocycles. The zero-order valence-electron chi connectivity index (χ0n) is 13.4. The first-order valence-corrected chi connectivity index (χ1v) is 7.38. The molecule has 1 saturated heterocycles. The first-order valence-electron chi connectivity index (χ1n) is 7.38. The largest absolute Gasteiger partial charge is 0.335 e. The molecule has 0 saturated carbocycles. The lowest BCUT2D eigenvalue weighted by atomic mass is 10.3. The highest BCUT2D eigenvalue weighted by Gasteiger charge is 2.42. The van der Waals surface area contributed by atoms with Crippen molar-refractivity contribution in [1.29, 1.82) is 0 Å². The summed E-state index contributed by atoms with van der Waals surface area (Å²) in [5.74, 6) is -1.60. The molecule has 4 amide bonds. The van der Waals surface area contributed by atoms with E-state index in [2.05, 4.69) is 5.10 Å². The van der Waals surface area contributed by atoms with Crippen LogP contribution in [0.3, 0.4) is 0 Å². The van der Waals surface area contributed by atoms with Gasteiger partial charge in [-0.1, -0.05) is 18.2 Å². The Kier molecular flexibility index (Phi) is 4.13. The molecule has 2 aromatic rings. The van der Waals surface area contributed by atoms with E-state index in [-0.39, 0.29) is 6.67 Å². The SMILES string of the molecule is CN(Cc1cnn(-c2ccccc2)c1)CN1C(=O)C(=O)N(C)C1=O. The molecule has 0 aliphatic carbocycles. The summed E-state index contributed by atoms with van der Waals surface area (Å²) in [7, 11) is 3.07. The lowest BCUT2D eigenvalue weighted by molar-refractivity contribution is -0.143. The molecule has 3 rings (SSSR count). The molecule has 0 atom stereocenters. The average molecular weight is 327 g/mol. The highest BCUT2D eigenvalue weighted by Crippen LogP contribution is 2.12. The summed E-state index contributed by atoms with van der Waals surface area (Å²) in [6.07, 6.45) is 3.62. The number of amides is 4. The highest BCUT2D eigenvalue weighted by molar-refractivity contribution is 6.44. The lowest BCUT2D eigenvalue weighted by Gasteiger charge is -2.21. The van der Waals surface area contributed by atoms with Crippen LogP contribution in [0.15, 0.2) is 42.7 Å². The van der Waals surface area contributed by atoms with Gasteiger partial charge < -0.3 is 0 Å². The van der Waals surface area contributed by atoms with Gasteiger partial charge in [0.05, 0.1) is 18.6 Å². The van der Waals surface area contributed by atoms with Gasteiger partial charge in [0.25, 0.3) is 0 Å². The van der Waals surface area contributed by atoms with Crippen LogP contribution in [0, 0.1) is 0 Å². The maximum absolute atomic E-state index is 11.9. The van der Waals surface area contributed by atoms with Crippen LogP contribution in [0.2, 0.25) is 0 Å².